The topological polar surface area (TPSA) is 49.9 Å². The largest absolute Gasteiger partial charge is 0.494 e. The van der Waals surface area contributed by atoms with Gasteiger partial charge < -0.3 is 14.5 Å². The Labute approximate surface area is 189 Å². The molecule has 0 spiro atoms. The molecule has 2 aliphatic rings. The molecule has 2 amide bonds. The first-order valence-electron chi connectivity index (χ1n) is 11.5. The molecule has 4 rings (SSSR count). The van der Waals surface area contributed by atoms with Gasteiger partial charge in [-0.25, -0.2) is 0 Å². The highest BCUT2D eigenvalue weighted by Gasteiger charge is 2.43. The van der Waals surface area contributed by atoms with Gasteiger partial charge in [0.05, 0.1) is 13.2 Å². The van der Waals surface area contributed by atoms with Crippen LogP contribution in [0.2, 0.25) is 0 Å². The summed E-state index contributed by atoms with van der Waals surface area (Å²) in [5.74, 6) is 0.898. The first-order valence-corrected chi connectivity index (χ1v) is 12.4. The molecule has 1 aliphatic carbocycles. The number of piperazine rings is 1. The molecule has 6 heteroatoms. The molecule has 166 valence electrons. The Balaban J connectivity index is 1.59. The van der Waals surface area contributed by atoms with Gasteiger partial charge in [-0.15, -0.1) is 11.3 Å². The maximum Gasteiger partial charge on any atom is 0.250 e. The van der Waals surface area contributed by atoms with Crippen molar-refractivity contribution in [2.24, 2.45) is 0 Å². The van der Waals surface area contributed by atoms with Gasteiger partial charge in [0.2, 0.25) is 5.91 Å². The highest BCUT2D eigenvalue weighted by atomic mass is 32.1. The van der Waals surface area contributed by atoms with Crippen molar-refractivity contribution in [3.8, 4) is 5.75 Å². The van der Waals surface area contributed by atoms with Gasteiger partial charge in [-0.1, -0.05) is 50.8 Å². The highest BCUT2D eigenvalue weighted by Crippen LogP contribution is 2.34. The van der Waals surface area contributed by atoms with Crippen LogP contribution in [0.3, 0.4) is 0 Å². The lowest BCUT2D eigenvalue weighted by molar-refractivity contribution is -0.159. The van der Waals surface area contributed by atoms with E-state index in [9.17, 15) is 9.59 Å². The average molecular weight is 441 g/mol. The quantitative estimate of drug-likeness (QED) is 0.532. The number of amides is 2. The monoisotopic (exact) mass is 440 g/mol. The van der Waals surface area contributed by atoms with Crippen molar-refractivity contribution in [2.45, 2.75) is 70.5 Å². The molecule has 1 aliphatic heterocycles. The molecule has 0 unspecified atom stereocenters. The van der Waals surface area contributed by atoms with Crippen LogP contribution in [0.5, 0.6) is 5.75 Å². The molecule has 1 aromatic carbocycles. The smallest absolute Gasteiger partial charge is 0.250 e. The van der Waals surface area contributed by atoms with E-state index in [-0.39, 0.29) is 24.4 Å². The first kappa shape index (κ1) is 21.9. The molecular formula is C25H32N2O3S. The van der Waals surface area contributed by atoms with E-state index in [0.29, 0.717) is 13.2 Å². The van der Waals surface area contributed by atoms with E-state index in [2.05, 4.69) is 6.92 Å². The Morgan fingerprint density at radius 1 is 1.06 bits per heavy atom. The van der Waals surface area contributed by atoms with Gasteiger partial charge in [-0.3, -0.25) is 9.59 Å². The van der Waals surface area contributed by atoms with Crippen LogP contribution in [0, 0.1) is 0 Å². The van der Waals surface area contributed by atoms with E-state index in [1.54, 1.807) is 16.2 Å². The van der Waals surface area contributed by atoms with Crippen molar-refractivity contribution < 1.29 is 14.3 Å². The molecule has 0 bridgehead atoms. The molecule has 0 N–H and O–H groups in total. The van der Waals surface area contributed by atoms with Crippen LogP contribution in [-0.2, 0) is 16.1 Å². The maximum atomic E-state index is 13.7. The third kappa shape index (κ3) is 5.12. The second-order valence-electron chi connectivity index (χ2n) is 8.53. The molecule has 2 fully saturated rings. The fourth-order valence-electron chi connectivity index (χ4n) is 4.60. The summed E-state index contributed by atoms with van der Waals surface area (Å²) in [4.78, 5) is 31.7. The summed E-state index contributed by atoms with van der Waals surface area (Å²) >= 11 is 1.62. The van der Waals surface area contributed by atoms with Crippen LogP contribution in [0.4, 0.5) is 0 Å². The van der Waals surface area contributed by atoms with E-state index in [4.69, 9.17) is 4.74 Å². The number of unbranched alkanes of at least 4 members (excludes halogenated alkanes) is 1. The lowest BCUT2D eigenvalue weighted by Gasteiger charge is -2.44. The van der Waals surface area contributed by atoms with Gasteiger partial charge in [0, 0.05) is 10.9 Å². The van der Waals surface area contributed by atoms with Gasteiger partial charge in [-0.2, -0.15) is 0 Å². The molecule has 5 nitrogen and oxygen atoms in total. The Morgan fingerprint density at radius 3 is 2.52 bits per heavy atom. The van der Waals surface area contributed by atoms with Crippen molar-refractivity contribution in [1.82, 2.24) is 9.80 Å². The molecule has 1 saturated carbocycles. The van der Waals surface area contributed by atoms with Gasteiger partial charge in [0.25, 0.3) is 5.91 Å². The second-order valence-corrected chi connectivity index (χ2v) is 9.56. The molecule has 1 aromatic heterocycles. The number of thiophene rings is 1. The lowest BCUT2D eigenvalue weighted by atomic mass is 9.91. The Bertz CT molecular complexity index is 859. The second kappa shape index (κ2) is 10.3. The Hall–Kier alpha value is -2.34. The third-order valence-corrected chi connectivity index (χ3v) is 7.20. The molecule has 1 atom stereocenters. The van der Waals surface area contributed by atoms with Crippen molar-refractivity contribution >= 4 is 23.2 Å². The normalized spacial score (nSPS) is 20.4. The summed E-state index contributed by atoms with van der Waals surface area (Å²) < 4.78 is 5.79. The number of nitrogens with zero attached hydrogens (tertiary/aromatic N) is 2. The van der Waals surface area contributed by atoms with Gasteiger partial charge in [0.15, 0.2) is 0 Å². The Morgan fingerprint density at radius 2 is 1.84 bits per heavy atom. The average Bonchev–Trinajstić information content (AvgIpc) is 3.31. The molecule has 2 heterocycles. The van der Waals surface area contributed by atoms with Crippen LogP contribution in [0.25, 0.3) is 0 Å². The summed E-state index contributed by atoms with van der Waals surface area (Å²) in [5.41, 5.74) is 0.859. The molecule has 1 saturated heterocycles. The van der Waals surface area contributed by atoms with Gasteiger partial charge in [0.1, 0.15) is 18.3 Å². The minimum atomic E-state index is -0.574. The third-order valence-electron chi connectivity index (χ3n) is 6.34. The minimum absolute atomic E-state index is 0.0341. The summed E-state index contributed by atoms with van der Waals surface area (Å²) in [6.45, 7) is 3.50. The first-order chi connectivity index (χ1) is 15.2. The molecule has 2 aromatic rings. The van der Waals surface area contributed by atoms with Gasteiger partial charge >= 0.3 is 0 Å². The fraction of sp³-hybridized carbons (Fsp3) is 0.520. The number of hydrogen-bond acceptors (Lipinski definition) is 4. The van der Waals surface area contributed by atoms with Crippen molar-refractivity contribution in [3.63, 3.8) is 0 Å². The number of carbonyl (C=O) groups is 2. The zero-order chi connectivity index (χ0) is 21.6. The lowest BCUT2D eigenvalue weighted by Crippen LogP contribution is -2.58. The zero-order valence-corrected chi connectivity index (χ0v) is 19.1. The minimum Gasteiger partial charge on any atom is -0.494 e. The highest BCUT2D eigenvalue weighted by molar-refractivity contribution is 7.09. The number of benzene rings is 1. The maximum absolute atomic E-state index is 13.7. The number of rotatable bonds is 8. The molecule has 0 radical (unpaired) electrons. The van der Waals surface area contributed by atoms with Gasteiger partial charge in [-0.05, 0) is 48.4 Å². The number of carbonyl (C=O) groups excluding carboxylic acids is 2. The summed E-state index contributed by atoms with van der Waals surface area (Å²) in [6.07, 6.45) is 7.60. The predicted octanol–water partition coefficient (Wildman–Crippen LogP) is 5.17. The fourth-order valence-corrected chi connectivity index (χ4v) is 5.31. The summed E-state index contributed by atoms with van der Waals surface area (Å²) in [6, 6.07) is 11.4. The standard InChI is InChI=1S/C25H32N2O3S/c1-2-3-15-30-21-13-11-19(12-14-21)24-25(29)26(20-8-5-4-6-9-20)18-23(28)27(24)17-22-10-7-16-31-22/h7,10-14,16,20,24H,2-6,8-9,15,17-18H2,1H3/t24-/m0/s1. The molecule has 31 heavy (non-hydrogen) atoms. The van der Waals surface area contributed by atoms with Crippen molar-refractivity contribution in [3.05, 3.63) is 52.2 Å². The Kier molecular flexibility index (Phi) is 7.28. The zero-order valence-electron chi connectivity index (χ0n) is 18.3. The van der Waals surface area contributed by atoms with Crippen molar-refractivity contribution in [2.75, 3.05) is 13.2 Å². The predicted molar refractivity (Wildman–Crippen MR) is 123 cm³/mol. The van der Waals surface area contributed by atoms with Crippen LogP contribution in [0.15, 0.2) is 41.8 Å². The van der Waals surface area contributed by atoms with E-state index in [1.165, 1.54) is 6.42 Å². The SMILES string of the molecule is CCCCOc1ccc([C@H]2C(=O)N(C3CCCCC3)CC(=O)N2Cc2cccs2)cc1. The van der Waals surface area contributed by atoms with Crippen molar-refractivity contribution in [1.29, 1.82) is 0 Å². The van der Waals surface area contributed by atoms with E-state index in [1.807, 2.05) is 46.7 Å². The van der Waals surface area contributed by atoms with E-state index < -0.39 is 6.04 Å². The summed E-state index contributed by atoms with van der Waals surface area (Å²) in [5, 5.41) is 2.01. The van der Waals surface area contributed by atoms with Crippen LogP contribution in [-0.4, -0.2) is 40.8 Å². The molecular weight excluding hydrogens is 408 g/mol. The number of hydrogen-bond donors (Lipinski definition) is 0. The van der Waals surface area contributed by atoms with E-state index >= 15 is 0 Å². The van der Waals surface area contributed by atoms with Crippen LogP contribution < -0.4 is 4.74 Å². The van der Waals surface area contributed by atoms with Crippen LogP contribution >= 0.6 is 11.3 Å². The van der Waals surface area contributed by atoms with Crippen LogP contribution in [0.1, 0.15) is 68.4 Å². The summed E-state index contributed by atoms with van der Waals surface area (Å²) in [7, 11) is 0. The number of ether oxygens (including phenoxy) is 1. The van der Waals surface area contributed by atoms with E-state index in [0.717, 1.165) is 54.7 Å².